The lowest BCUT2D eigenvalue weighted by atomic mass is 10.1. The van der Waals surface area contributed by atoms with Gasteiger partial charge in [-0.15, -0.1) is 5.10 Å². The van der Waals surface area contributed by atoms with E-state index in [9.17, 15) is 9.59 Å². The van der Waals surface area contributed by atoms with Crippen molar-refractivity contribution in [3.63, 3.8) is 0 Å². The molecule has 0 radical (unpaired) electrons. The largest absolute Gasteiger partial charge is 0.476 e. The fourth-order valence-electron chi connectivity index (χ4n) is 1.62. The van der Waals surface area contributed by atoms with Crippen LogP contribution >= 0.6 is 0 Å². The summed E-state index contributed by atoms with van der Waals surface area (Å²) < 4.78 is 1.18. The molecule has 1 atom stereocenters. The maximum absolute atomic E-state index is 11.8. The van der Waals surface area contributed by atoms with Crippen LogP contribution in [0.1, 0.15) is 29.0 Å². The molecule has 2 aromatic rings. The van der Waals surface area contributed by atoms with E-state index in [1.165, 1.54) is 10.9 Å². The lowest BCUT2D eigenvalue weighted by Gasteiger charge is -2.13. The van der Waals surface area contributed by atoms with E-state index in [0.29, 0.717) is 0 Å². The maximum Gasteiger partial charge on any atom is 0.358 e. The van der Waals surface area contributed by atoms with E-state index in [2.05, 4.69) is 20.6 Å². The molecule has 20 heavy (non-hydrogen) atoms. The molecule has 0 bridgehead atoms. The van der Waals surface area contributed by atoms with Gasteiger partial charge in [-0.05, 0) is 18.6 Å². The first-order chi connectivity index (χ1) is 9.56. The zero-order valence-corrected chi connectivity index (χ0v) is 10.7. The van der Waals surface area contributed by atoms with Crippen LogP contribution in [0.15, 0.2) is 30.7 Å². The van der Waals surface area contributed by atoms with Gasteiger partial charge in [0.15, 0.2) is 5.69 Å². The Bertz CT molecular complexity index is 611. The van der Waals surface area contributed by atoms with Gasteiger partial charge in [0.05, 0.1) is 12.2 Å². The van der Waals surface area contributed by atoms with Gasteiger partial charge in [0.1, 0.15) is 6.54 Å². The molecule has 0 aliphatic carbocycles. The third kappa shape index (κ3) is 3.37. The number of rotatable bonds is 5. The summed E-state index contributed by atoms with van der Waals surface area (Å²) in [6.07, 6.45) is 4.53. The first-order valence-electron chi connectivity index (χ1n) is 5.89. The second kappa shape index (κ2) is 5.91. The number of carboxylic acid groups (broad SMARTS) is 1. The van der Waals surface area contributed by atoms with Gasteiger partial charge < -0.3 is 10.4 Å². The van der Waals surface area contributed by atoms with Crippen molar-refractivity contribution in [3.05, 3.63) is 42.0 Å². The quantitative estimate of drug-likeness (QED) is 0.809. The molecule has 2 aromatic heterocycles. The van der Waals surface area contributed by atoms with Crippen LogP contribution in [0.25, 0.3) is 0 Å². The Hall–Kier alpha value is -2.77. The number of nitrogens with one attached hydrogen (secondary N) is 1. The van der Waals surface area contributed by atoms with E-state index >= 15 is 0 Å². The highest BCUT2D eigenvalue weighted by atomic mass is 16.4. The molecule has 2 N–H and O–H groups in total. The maximum atomic E-state index is 11.8. The molecular weight excluding hydrogens is 262 g/mol. The molecule has 8 nitrogen and oxygen atoms in total. The Labute approximate surface area is 114 Å². The van der Waals surface area contributed by atoms with Gasteiger partial charge in [-0.25, -0.2) is 9.48 Å². The molecule has 2 rings (SSSR count). The molecule has 0 fully saturated rings. The van der Waals surface area contributed by atoms with Crippen molar-refractivity contribution < 1.29 is 14.7 Å². The molecule has 0 aliphatic heterocycles. The monoisotopic (exact) mass is 275 g/mol. The minimum Gasteiger partial charge on any atom is -0.476 e. The summed E-state index contributed by atoms with van der Waals surface area (Å²) in [7, 11) is 0. The molecule has 1 unspecified atom stereocenters. The molecule has 104 valence electrons. The van der Waals surface area contributed by atoms with Crippen LogP contribution in [-0.2, 0) is 11.3 Å². The summed E-state index contributed by atoms with van der Waals surface area (Å²) in [5.41, 5.74) is 0.684. The van der Waals surface area contributed by atoms with Crippen molar-refractivity contribution in [3.8, 4) is 0 Å². The van der Waals surface area contributed by atoms with Crippen LogP contribution in [0.4, 0.5) is 0 Å². The number of aromatic nitrogens is 4. The first-order valence-corrected chi connectivity index (χ1v) is 5.89. The van der Waals surface area contributed by atoms with Crippen molar-refractivity contribution in [2.75, 3.05) is 0 Å². The van der Waals surface area contributed by atoms with Crippen molar-refractivity contribution in [1.29, 1.82) is 0 Å². The number of hydrogen-bond donors (Lipinski definition) is 2. The molecule has 1 amide bonds. The highest BCUT2D eigenvalue weighted by Crippen LogP contribution is 2.09. The molecule has 0 saturated carbocycles. The summed E-state index contributed by atoms with van der Waals surface area (Å²) in [5.74, 6) is -1.47. The number of carbonyl (C=O) groups is 2. The Balaban J connectivity index is 1.93. The minimum atomic E-state index is -1.18. The Morgan fingerprint density at radius 3 is 2.90 bits per heavy atom. The third-order valence-electron chi connectivity index (χ3n) is 2.63. The van der Waals surface area contributed by atoms with Crippen molar-refractivity contribution >= 4 is 11.9 Å². The van der Waals surface area contributed by atoms with Crippen LogP contribution < -0.4 is 5.32 Å². The summed E-state index contributed by atoms with van der Waals surface area (Å²) in [6.45, 7) is 1.74. The minimum absolute atomic E-state index is 0.0924. The summed E-state index contributed by atoms with van der Waals surface area (Å²) in [4.78, 5) is 26.4. The van der Waals surface area contributed by atoms with Gasteiger partial charge in [0, 0.05) is 12.4 Å². The van der Waals surface area contributed by atoms with E-state index in [4.69, 9.17) is 5.11 Å². The molecule has 0 aliphatic rings. The lowest BCUT2D eigenvalue weighted by molar-refractivity contribution is -0.122. The topological polar surface area (TPSA) is 110 Å². The Morgan fingerprint density at radius 2 is 2.30 bits per heavy atom. The van der Waals surface area contributed by atoms with Crippen LogP contribution in [0.5, 0.6) is 0 Å². The lowest BCUT2D eigenvalue weighted by Crippen LogP contribution is -2.30. The highest BCUT2D eigenvalue weighted by molar-refractivity contribution is 5.84. The Kier molecular flexibility index (Phi) is 4.04. The van der Waals surface area contributed by atoms with Gasteiger partial charge >= 0.3 is 5.97 Å². The second-order valence-corrected chi connectivity index (χ2v) is 4.18. The smallest absolute Gasteiger partial charge is 0.358 e. The fourth-order valence-corrected chi connectivity index (χ4v) is 1.62. The zero-order valence-electron chi connectivity index (χ0n) is 10.7. The summed E-state index contributed by atoms with van der Waals surface area (Å²) in [6, 6.07) is 3.45. The molecular formula is C12H13N5O3. The number of nitrogens with zero attached hydrogens (tertiary/aromatic N) is 4. The first kappa shape index (κ1) is 13.7. The van der Waals surface area contributed by atoms with Gasteiger partial charge in [-0.2, -0.15) is 0 Å². The van der Waals surface area contributed by atoms with Gasteiger partial charge in [0.25, 0.3) is 0 Å². The standard InChI is InChI=1S/C12H13N5O3/c1-8(9-3-2-4-13-5-9)14-11(18)7-17-6-10(12(19)20)15-16-17/h2-6,8H,7H2,1H3,(H,14,18)(H,19,20). The van der Waals surface area contributed by atoms with E-state index in [0.717, 1.165) is 5.56 Å². The molecule has 2 heterocycles. The Morgan fingerprint density at radius 1 is 1.50 bits per heavy atom. The van der Waals surface area contributed by atoms with Gasteiger partial charge in [0.2, 0.25) is 5.91 Å². The number of carboxylic acids is 1. The molecule has 0 saturated heterocycles. The number of aromatic carboxylic acids is 1. The normalized spacial score (nSPS) is 11.8. The summed E-state index contributed by atoms with van der Waals surface area (Å²) >= 11 is 0. The number of amides is 1. The van der Waals surface area contributed by atoms with E-state index < -0.39 is 5.97 Å². The van der Waals surface area contributed by atoms with Crippen molar-refractivity contribution in [2.45, 2.75) is 19.5 Å². The average molecular weight is 275 g/mol. The van der Waals surface area contributed by atoms with Crippen LogP contribution in [-0.4, -0.2) is 37.0 Å². The van der Waals surface area contributed by atoms with E-state index in [1.54, 1.807) is 18.5 Å². The molecule has 0 aromatic carbocycles. The molecule has 0 spiro atoms. The van der Waals surface area contributed by atoms with Gasteiger partial charge in [-0.3, -0.25) is 9.78 Å². The zero-order chi connectivity index (χ0) is 14.5. The highest BCUT2D eigenvalue weighted by Gasteiger charge is 2.13. The van der Waals surface area contributed by atoms with E-state index in [1.807, 2.05) is 13.0 Å². The van der Waals surface area contributed by atoms with Crippen LogP contribution in [0, 0.1) is 0 Å². The third-order valence-corrected chi connectivity index (χ3v) is 2.63. The van der Waals surface area contributed by atoms with Crippen molar-refractivity contribution in [1.82, 2.24) is 25.3 Å². The second-order valence-electron chi connectivity index (χ2n) is 4.18. The predicted molar refractivity (Wildman–Crippen MR) is 67.8 cm³/mol. The summed E-state index contributed by atoms with van der Waals surface area (Å²) in [5, 5.41) is 18.5. The van der Waals surface area contributed by atoms with Gasteiger partial charge in [-0.1, -0.05) is 11.3 Å². The van der Waals surface area contributed by atoms with Crippen LogP contribution in [0.3, 0.4) is 0 Å². The van der Waals surface area contributed by atoms with E-state index in [-0.39, 0.29) is 24.2 Å². The SMILES string of the molecule is CC(NC(=O)Cn1cc(C(=O)O)nn1)c1cccnc1. The predicted octanol–water partition coefficient (Wildman–Crippen LogP) is 0.249. The fraction of sp³-hybridized carbons (Fsp3) is 0.250. The average Bonchev–Trinajstić information content (AvgIpc) is 2.88. The molecule has 8 heteroatoms. The van der Waals surface area contributed by atoms with Crippen LogP contribution in [0.2, 0.25) is 0 Å². The number of hydrogen-bond acceptors (Lipinski definition) is 5. The number of pyridine rings is 1. The van der Waals surface area contributed by atoms with Crippen molar-refractivity contribution in [2.24, 2.45) is 0 Å². The number of carbonyl (C=O) groups excluding carboxylic acids is 1.